The van der Waals surface area contributed by atoms with Crippen LogP contribution in [0.1, 0.15) is 15.9 Å². The van der Waals surface area contributed by atoms with Gasteiger partial charge in [-0.15, -0.1) is 0 Å². The van der Waals surface area contributed by atoms with Gasteiger partial charge in [0.05, 0.1) is 27.9 Å². The fourth-order valence-electron chi connectivity index (χ4n) is 5.24. The highest BCUT2D eigenvalue weighted by Crippen LogP contribution is 2.34. The van der Waals surface area contributed by atoms with Crippen molar-refractivity contribution in [1.29, 1.82) is 5.26 Å². The number of anilines is 4. The molecule has 3 N–H and O–H groups in total. The second-order valence-corrected chi connectivity index (χ2v) is 13.4. The van der Waals surface area contributed by atoms with Crippen LogP contribution in [0.3, 0.4) is 0 Å². The quantitative estimate of drug-likeness (QED) is 0.133. The number of hydrogen-bond donors (Lipinski definition) is 3. The highest BCUT2D eigenvalue weighted by molar-refractivity contribution is 7.90. The molecule has 0 bridgehead atoms. The topological polar surface area (TPSA) is 162 Å². The van der Waals surface area contributed by atoms with Gasteiger partial charge in [0.15, 0.2) is 0 Å². The van der Waals surface area contributed by atoms with Gasteiger partial charge >= 0.3 is 0 Å². The molecule has 0 aliphatic heterocycles. The van der Waals surface area contributed by atoms with Crippen LogP contribution < -0.4 is 16.0 Å². The molecule has 0 spiro atoms. The summed E-state index contributed by atoms with van der Waals surface area (Å²) in [4.78, 5) is 36.2. The summed E-state index contributed by atoms with van der Waals surface area (Å²) >= 11 is 0. The zero-order valence-electron chi connectivity index (χ0n) is 27.6. The molecular formula is C38H32N8O4S. The molecule has 2 amide bonds. The van der Waals surface area contributed by atoms with Crippen LogP contribution >= 0.6 is 0 Å². The van der Waals surface area contributed by atoms with Gasteiger partial charge in [-0.05, 0) is 74.8 Å². The van der Waals surface area contributed by atoms with Crippen LogP contribution in [0.2, 0.25) is 0 Å². The fourth-order valence-corrected chi connectivity index (χ4v) is 6.63. The Bertz CT molecular complexity index is 2420. The van der Waals surface area contributed by atoms with E-state index in [1.807, 2.05) is 19.0 Å². The molecule has 0 fully saturated rings. The van der Waals surface area contributed by atoms with Crippen LogP contribution in [0.15, 0.2) is 133 Å². The standard InChI is InChI=1S/C38H32N8O4S/c1-45(2)21-9-16-35(47)41-28-19-17-26(18-20-28)37(48)42-29-10-8-11-30(22-29)43-38-40-24-27(23-39)36(44-38)33-25-46(34-15-7-6-14-32(33)34)51(49,50)31-12-4-3-5-13-31/h3-20,22,24-25H,21H2,1-2H3,(H,41,47)(H,42,48)(H,40,43,44). The van der Waals surface area contributed by atoms with Crippen LogP contribution in [-0.4, -0.2) is 59.7 Å². The van der Waals surface area contributed by atoms with E-state index in [1.54, 1.807) is 97.1 Å². The molecule has 2 aromatic heterocycles. The summed E-state index contributed by atoms with van der Waals surface area (Å²) in [6.07, 6.45) is 6.07. The Morgan fingerprint density at radius 1 is 0.882 bits per heavy atom. The van der Waals surface area contributed by atoms with Crippen LogP contribution in [0.5, 0.6) is 0 Å². The van der Waals surface area contributed by atoms with E-state index in [0.29, 0.717) is 45.6 Å². The molecule has 0 radical (unpaired) electrons. The summed E-state index contributed by atoms with van der Waals surface area (Å²) in [5.74, 6) is -0.460. The van der Waals surface area contributed by atoms with Gasteiger partial charge in [-0.25, -0.2) is 22.4 Å². The van der Waals surface area contributed by atoms with Crippen molar-refractivity contribution in [3.63, 3.8) is 0 Å². The summed E-state index contributed by atoms with van der Waals surface area (Å²) in [6, 6.07) is 30.7. The van der Waals surface area contributed by atoms with Gasteiger partial charge in [0.1, 0.15) is 6.07 Å². The van der Waals surface area contributed by atoms with E-state index in [1.165, 1.54) is 34.6 Å². The number of nitriles is 1. The van der Waals surface area contributed by atoms with Crippen molar-refractivity contribution >= 4 is 55.8 Å². The third kappa shape index (κ3) is 7.83. The zero-order chi connectivity index (χ0) is 36.0. The molecule has 254 valence electrons. The molecule has 13 heteroatoms. The predicted molar refractivity (Wildman–Crippen MR) is 197 cm³/mol. The Morgan fingerprint density at radius 3 is 2.35 bits per heavy atom. The maximum Gasteiger partial charge on any atom is 0.268 e. The predicted octanol–water partition coefficient (Wildman–Crippen LogP) is 6.26. The Kier molecular flexibility index (Phi) is 9.99. The third-order valence-corrected chi connectivity index (χ3v) is 9.36. The van der Waals surface area contributed by atoms with Crippen molar-refractivity contribution in [2.75, 3.05) is 36.6 Å². The lowest BCUT2D eigenvalue weighted by molar-refractivity contribution is -0.111. The number of likely N-dealkylation sites (N-methyl/N-ethyl adjacent to an activating group) is 1. The van der Waals surface area contributed by atoms with Crippen LogP contribution in [-0.2, 0) is 14.8 Å². The van der Waals surface area contributed by atoms with Gasteiger partial charge in [-0.1, -0.05) is 48.5 Å². The van der Waals surface area contributed by atoms with Gasteiger partial charge in [-0.3, -0.25) is 9.59 Å². The maximum absolute atomic E-state index is 13.7. The number of hydrogen-bond acceptors (Lipinski definition) is 9. The van der Waals surface area contributed by atoms with Gasteiger partial charge in [0.25, 0.3) is 15.9 Å². The molecule has 6 aromatic rings. The summed E-state index contributed by atoms with van der Waals surface area (Å²) in [7, 11) is -0.142. The van der Waals surface area contributed by atoms with Crippen molar-refractivity contribution in [3.8, 4) is 17.3 Å². The Balaban J connectivity index is 1.21. The molecule has 4 aromatic carbocycles. The average molecular weight is 697 g/mol. The first-order valence-electron chi connectivity index (χ1n) is 15.7. The van der Waals surface area contributed by atoms with Crippen LogP contribution in [0.25, 0.3) is 22.2 Å². The number of rotatable bonds is 11. The number of para-hydroxylation sites is 1. The van der Waals surface area contributed by atoms with E-state index in [2.05, 4.69) is 32.0 Å². The van der Waals surface area contributed by atoms with Crippen LogP contribution in [0.4, 0.5) is 23.0 Å². The molecule has 2 heterocycles. The van der Waals surface area contributed by atoms with E-state index in [4.69, 9.17) is 0 Å². The van der Waals surface area contributed by atoms with Crippen molar-refractivity contribution in [2.24, 2.45) is 0 Å². The molecule has 12 nitrogen and oxygen atoms in total. The minimum Gasteiger partial charge on any atom is -0.324 e. The largest absolute Gasteiger partial charge is 0.324 e. The zero-order valence-corrected chi connectivity index (χ0v) is 28.4. The monoisotopic (exact) mass is 696 g/mol. The minimum atomic E-state index is -3.96. The van der Waals surface area contributed by atoms with E-state index in [-0.39, 0.29) is 33.9 Å². The number of benzene rings is 4. The van der Waals surface area contributed by atoms with Crippen molar-refractivity contribution in [1.82, 2.24) is 18.8 Å². The van der Waals surface area contributed by atoms with Crippen LogP contribution in [0, 0.1) is 11.3 Å². The molecule has 0 saturated carbocycles. The number of nitrogens with zero attached hydrogens (tertiary/aromatic N) is 5. The van der Waals surface area contributed by atoms with Crippen molar-refractivity contribution in [3.05, 3.63) is 139 Å². The molecule has 0 atom stereocenters. The smallest absolute Gasteiger partial charge is 0.268 e. The van der Waals surface area contributed by atoms with Gasteiger partial charge < -0.3 is 20.9 Å². The van der Waals surface area contributed by atoms with Gasteiger partial charge in [0.2, 0.25) is 11.9 Å². The molecule has 0 aliphatic carbocycles. The molecule has 6 rings (SSSR count). The first-order chi connectivity index (χ1) is 24.6. The van der Waals surface area contributed by atoms with Gasteiger partial charge in [-0.2, -0.15) is 5.26 Å². The maximum atomic E-state index is 13.7. The van der Waals surface area contributed by atoms with Crippen molar-refractivity contribution in [2.45, 2.75) is 4.90 Å². The fraction of sp³-hybridized carbons (Fsp3) is 0.0789. The lowest BCUT2D eigenvalue weighted by atomic mass is 10.1. The highest BCUT2D eigenvalue weighted by atomic mass is 32.2. The summed E-state index contributed by atoms with van der Waals surface area (Å²) < 4.78 is 28.5. The summed E-state index contributed by atoms with van der Waals surface area (Å²) in [5, 5.41) is 19.3. The van der Waals surface area contributed by atoms with E-state index in [0.717, 1.165) is 0 Å². The number of nitrogens with one attached hydrogen (secondary N) is 3. The second-order valence-electron chi connectivity index (χ2n) is 11.6. The molecule has 0 saturated heterocycles. The second kappa shape index (κ2) is 14.9. The van der Waals surface area contributed by atoms with E-state index < -0.39 is 10.0 Å². The Labute approximate surface area is 294 Å². The first kappa shape index (κ1) is 34.3. The molecule has 0 unspecified atom stereocenters. The lowest BCUT2D eigenvalue weighted by Gasteiger charge is -2.10. The normalized spacial score (nSPS) is 11.4. The SMILES string of the molecule is CN(C)CC=CC(=O)Nc1ccc(C(=O)Nc2cccc(Nc3ncc(C#N)c(-c4cn(S(=O)(=O)c5ccccc5)c5ccccc45)n3)c2)cc1. The number of amides is 2. The van der Waals surface area contributed by atoms with Crippen molar-refractivity contribution < 1.29 is 18.0 Å². The molecule has 0 aliphatic rings. The van der Waals surface area contributed by atoms with E-state index in [9.17, 15) is 23.3 Å². The first-order valence-corrected chi connectivity index (χ1v) is 17.2. The Hall–Kier alpha value is -6.62. The summed E-state index contributed by atoms with van der Waals surface area (Å²) in [5.41, 5.74) is 3.29. The Morgan fingerprint density at radius 2 is 1.61 bits per heavy atom. The highest BCUT2D eigenvalue weighted by Gasteiger charge is 2.23. The lowest BCUT2D eigenvalue weighted by Crippen LogP contribution is -2.13. The third-order valence-electron chi connectivity index (χ3n) is 7.67. The number of aromatic nitrogens is 3. The van der Waals surface area contributed by atoms with Gasteiger partial charge in [0, 0.05) is 52.4 Å². The molecule has 51 heavy (non-hydrogen) atoms. The number of carbonyl (C=O) groups excluding carboxylic acids is 2. The number of carbonyl (C=O) groups is 2. The van der Waals surface area contributed by atoms with E-state index >= 15 is 0 Å². The number of fused-ring (bicyclic) bond motifs is 1. The average Bonchev–Trinajstić information content (AvgIpc) is 3.53. The molecular weight excluding hydrogens is 665 g/mol. The summed E-state index contributed by atoms with van der Waals surface area (Å²) in [6.45, 7) is 0.640. The minimum absolute atomic E-state index is 0.125.